The van der Waals surface area contributed by atoms with E-state index in [1.165, 1.54) is 0 Å². The molecule has 0 aliphatic heterocycles. The van der Waals surface area contributed by atoms with E-state index >= 15 is 0 Å². The summed E-state index contributed by atoms with van der Waals surface area (Å²) in [4.78, 5) is 22.7. The standard InChI is InChI=1S/C12H18N4O3/c1-16-7-9(6-14-16)15-12(19)13-5-8-3-2-4-10(8)11(17)18/h6-8,10H,2-5H2,1H3,(H,17,18)(H2,13,15,19). The summed E-state index contributed by atoms with van der Waals surface area (Å²) in [6.45, 7) is 0.392. The quantitative estimate of drug-likeness (QED) is 0.758. The second-order valence-electron chi connectivity index (χ2n) is 4.87. The van der Waals surface area contributed by atoms with Crippen LogP contribution in [-0.4, -0.2) is 33.4 Å². The number of rotatable bonds is 4. The third-order valence-corrected chi connectivity index (χ3v) is 3.46. The number of carboxylic acids is 1. The number of urea groups is 1. The fourth-order valence-electron chi connectivity index (χ4n) is 2.49. The van der Waals surface area contributed by atoms with E-state index in [-0.39, 0.29) is 17.9 Å². The lowest BCUT2D eigenvalue weighted by Gasteiger charge is -2.16. The Kier molecular flexibility index (Phi) is 4.03. The molecule has 2 atom stereocenters. The van der Waals surface area contributed by atoms with Gasteiger partial charge in [-0.05, 0) is 18.8 Å². The zero-order valence-corrected chi connectivity index (χ0v) is 10.8. The topological polar surface area (TPSA) is 96.2 Å². The van der Waals surface area contributed by atoms with E-state index in [4.69, 9.17) is 5.11 Å². The molecule has 2 unspecified atom stereocenters. The van der Waals surface area contributed by atoms with Crippen LogP contribution in [0.25, 0.3) is 0 Å². The van der Waals surface area contributed by atoms with Crippen molar-refractivity contribution in [1.29, 1.82) is 0 Å². The molecule has 1 saturated carbocycles. The Morgan fingerprint density at radius 1 is 1.53 bits per heavy atom. The molecule has 1 aromatic heterocycles. The molecule has 7 heteroatoms. The largest absolute Gasteiger partial charge is 0.481 e. The number of carbonyl (C=O) groups is 2. The number of hydrogen-bond acceptors (Lipinski definition) is 3. The average molecular weight is 266 g/mol. The second-order valence-corrected chi connectivity index (χ2v) is 4.87. The van der Waals surface area contributed by atoms with Gasteiger partial charge in [-0.3, -0.25) is 9.48 Å². The Labute approximate surface area is 111 Å². The minimum atomic E-state index is -0.767. The monoisotopic (exact) mass is 266 g/mol. The minimum Gasteiger partial charge on any atom is -0.481 e. The molecule has 2 rings (SSSR count). The fourth-order valence-corrected chi connectivity index (χ4v) is 2.49. The lowest BCUT2D eigenvalue weighted by atomic mass is 9.96. The summed E-state index contributed by atoms with van der Waals surface area (Å²) in [6, 6.07) is -0.330. The molecule has 0 spiro atoms. The summed E-state index contributed by atoms with van der Waals surface area (Å²) in [5, 5.41) is 18.4. The number of anilines is 1. The Morgan fingerprint density at radius 3 is 2.95 bits per heavy atom. The van der Waals surface area contributed by atoms with Crippen LogP contribution >= 0.6 is 0 Å². The first-order valence-electron chi connectivity index (χ1n) is 6.32. The van der Waals surface area contributed by atoms with Crippen LogP contribution in [0.1, 0.15) is 19.3 Å². The molecule has 0 radical (unpaired) electrons. The van der Waals surface area contributed by atoms with Crippen molar-refractivity contribution in [2.24, 2.45) is 18.9 Å². The van der Waals surface area contributed by atoms with Gasteiger partial charge in [-0.25, -0.2) is 4.79 Å². The number of nitrogens with zero attached hydrogens (tertiary/aromatic N) is 2. The zero-order valence-electron chi connectivity index (χ0n) is 10.8. The van der Waals surface area contributed by atoms with E-state index in [9.17, 15) is 9.59 Å². The highest BCUT2D eigenvalue weighted by Gasteiger charge is 2.32. The van der Waals surface area contributed by atoms with E-state index in [2.05, 4.69) is 15.7 Å². The van der Waals surface area contributed by atoms with Crippen molar-refractivity contribution in [2.45, 2.75) is 19.3 Å². The number of aryl methyl sites for hydroxylation is 1. The molecular formula is C12H18N4O3. The SMILES string of the molecule is Cn1cc(NC(=O)NCC2CCCC2C(=O)O)cn1. The maximum atomic E-state index is 11.6. The molecule has 1 aliphatic rings. The van der Waals surface area contributed by atoms with Gasteiger partial charge in [0.05, 0.1) is 17.8 Å². The number of amides is 2. The molecule has 0 bridgehead atoms. The third kappa shape index (κ3) is 3.46. The van der Waals surface area contributed by atoms with Crippen LogP contribution in [0.4, 0.5) is 10.5 Å². The summed E-state index contributed by atoms with van der Waals surface area (Å²) < 4.78 is 1.59. The van der Waals surface area contributed by atoms with Crippen LogP contribution in [0.3, 0.4) is 0 Å². The molecule has 19 heavy (non-hydrogen) atoms. The van der Waals surface area contributed by atoms with Gasteiger partial charge in [0.2, 0.25) is 0 Å². The van der Waals surface area contributed by atoms with Crippen molar-refractivity contribution in [2.75, 3.05) is 11.9 Å². The Balaban J connectivity index is 1.78. The summed E-state index contributed by atoms with van der Waals surface area (Å²) >= 11 is 0. The molecule has 1 fully saturated rings. The van der Waals surface area contributed by atoms with Gasteiger partial charge in [0, 0.05) is 19.8 Å². The maximum Gasteiger partial charge on any atom is 0.319 e. The predicted octanol–water partition coefficient (Wildman–Crippen LogP) is 1.04. The van der Waals surface area contributed by atoms with Gasteiger partial charge < -0.3 is 15.7 Å². The van der Waals surface area contributed by atoms with Crippen molar-refractivity contribution in [3.8, 4) is 0 Å². The minimum absolute atomic E-state index is 0.0251. The molecule has 2 amide bonds. The van der Waals surface area contributed by atoms with E-state index < -0.39 is 5.97 Å². The lowest BCUT2D eigenvalue weighted by molar-refractivity contribution is -0.142. The molecule has 1 aliphatic carbocycles. The average Bonchev–Trinajstić information content (AvgIpc) is 2.95. The van der Waals surface area contributed by atoms with Crippen molar-refractivity contribution < 1.29 is 14.7 Å². The van der Waals surface area contributed by atoms with Crippen LogP contribution in [0, 0.1) is 11.8 Å². The first-order valence-corrected chi connectivity index (χ1v) is 6.32. The van der Waals surface area contributed by atoms with Crippen molar-refractivity contribution in [3.05, 3.63) is 12.4 Å². The van der Waals surface area contributed by atoms with Gasteiger partial charge in [-0.15, -0.1) is 0 Å². The predicted molar refractivity (Wildman–Crippen MR) is 68.7 cm³/mol. The van der Waals surface area contributed by atoms with E-state index in [0.29, 0.717) is 18.7 Å². The smallest absolute Gasteiger partial charge is 0.319 e. The highest BCUT2D eigenvalue weighted by atomic mass is 16.4. The fraction of sp³-hybridized carbons (Fsp3) is 0.583. The number of carboxylic acid groups (broad SMARTS) is 1. The van der Waals surface area contributed by atoms with Crippen molar-refractivity contribution >= 4 is 17.7 Å². The lowest BCUT2D eigenvalue weighted by Crippen LogP contribution is -2.35. The number of aliphatic carboxylic acids is 1. The summed E-state index contributed by atoms with van der Waals surface area (Å²) in [5.74, 6) is -1.08. The van der Waals surface area contributed by atoms with Gasteiger partial charge in [0.1, 0.15) is 0 Å². The van der Waals surface area contributed by atoms with E-state index in [0.717, 1.165) is 12.8 Å². The van der Waals surface area contributed by atoms with Gasteiger partial charge in [-0.1, -0.05) is 6.42 Å². The van der Waals surface area contributed by atoms with Gasteiger partial charge in [0.25, 0.3) is 0 Å². The second kappa shape index (κ2) is 5.73. The summed E-state index contributed by atoms with van der Waals surface area (Å²) in [6.07, 6.45) is 5.70. The first kappa shape index (κ1) is 13.4. The van der Waals surface area contributed by atoms with Crippen LogP contribution in [0.15, 0.2) is 12.4 Å². The molecule has 0 saturated heterocycles. The first-order chi connectivity index (χ1) is 9.06. The molecule has 0 aromatic carbocycles. The Bertz CT molecular complexity index is 471. The Morgan fingerprint density at radius 2 is 2.32 bits per heavy atom. The molecule has 1 aromatic rings. The highest BCUT2D eigenvalue weighted by molar-refractivity contribution is 5.88. The van der Waals surface area contributed by atoms with Gasteiger partial charge in [0.15, 0.2) is 0 Å². The molecule has 3 N–H and O–H groups in total. The van der Waals surface area contributed by atoms with Crippen LogP contribution in [0.2, 0.25) is 0 Å². The van der Waals surface area contributed by atoms with Crippen LogP contribution < -0.4 is 10.6 Å². The molecule has 104 valence electrons. The maximum absolute atomic E-state index is 11.6. The summed E-state index contributed by atoms with van der Waals surface area (Å²) in [5.41, 5.74) is 0.612. The number of nitrogens with one attached hydrogen (secondary N) is 2. The normalized spacial score (nSPS) is 22.2. The van der Waals surface area contributed by atoms with Crippen molar-refractivity contribution in [1.82, 2.24) is 15.1 Å². The van der Waals surface area contributed by atoms with E-state index in [1.54, 1.807) is 24.1 Å². The van der Waals surface area contributed by atoms with Gasteiger partial charge in [-0.2, -0.15) is 5.10 Å². The molecule has 1 heterocycles. The summed E-state index contributed by atoms with van der Waals surface area (Å²) in [7, 11) is 1.76. The molecular weight excluding hydrogens is 248 g/mol. The van der Waals surface area contributed by atoms with Crippen molar-refractivity contribution in [3.63, 3.8) is 0 Å². The third-order valence-electron chi connectivity index (χ3n) is 3.46. The Hall–Kier alpha value is -2.05. The van der Waals surface area contributed by atoms with E-state index in [1.807, 2.05) is 0 Å². The highest BCUT2D eigenvalue weighted by Crippen LogP contribution is 2.31. The van der Waals surface area contributed by atoms with Crippen LogP contribution in [-0.2, 0) is 11.8 Å². The number of carbonyl (C=O) groups excluding carboxylic acids is 1. The molecule has 7 nitrogen and oxygen atoms in total. The van der Waals surface area contributed by atoms with Gasteiger partial charge >= 0.3 is 12.0 Å². The van der Waals surface area contributed by atoms with Crippen LogP contribution in [0.5, 0.6) is 0 Å². The number of hydrogen-bond donors (Lipinski definition) is 3. The number of aromatic nitrogens is 2. The zero-order chi connectivity index (χ0) is 13.8.